The van der Waals surface area contributed by atoms with Gasteiger partial charge >= 0.3 is 5.97 Å². The lowest BCUT2D eigenvalue weighted by molar-refractivity contribution is -0.141. The van der Waals surface area contributed by atoms with Crippen molar-refractivity contribution in [3.05, 3.63) is 64.2 Å². The third kappa shape index (κ3) is 5.39. The summed E-state index contributed by atoms with van der Waals surface area (Å²) >= 11 is 12.9. The molecule has 38 heavy (non-hydrogen) atoms. The van der Waals surface area contributed by atoms with Crippen LogP contribution < -0.4 is 9.47 Å². The third-order valence-corrected chi connectivity index (χ3v) is 7.19. The summed E-state index contributed by atoms with van der Waals surface area (Å²) in [4.78, 5) is 24.7. The van der Waals surface area contributed by atoms with Crippen LogP contribution in [-0.4, -0.2) is 42.8 Å². The molecule has 0 radical (unpaired) electrons. The molecule has 1 fully saturated rings. The Hall–Kier alpha value is -3.43. The van der Waals surface area contributed by atoms with Crippen molar-refractivity contribution in [2.45, 2.75) is 45.3 Å². The maximum absolute atomic E-state index is 14.8. The van der Waals surface area contributed by atoms with Crippen LogP contribution in [0.4, 0.5) is 4.39 Å². The number of carbonyl (C=O) groups is 1. The van der Waals surface area contributed by atoms with E-state index in [0.29, 0.717) is 51.2 Å². The Morgan fingerprint density at radius 3 is 2.76 bits per heavy atom. The van der Waals surface area contributed by atoms with Crippen molar-refractivity contribution in [1.29, 1.82) is 0 Å². The molecule has 0 saturated heterocycles. The van der Waals surface area contributed by atoms with Crippen molar-refractivity contribution in [2.24, 2.45) is 5.92 Å². The van der Waals surface area contributed by atoms with Gasteiger partial charge in [0.1, 0.15) is 29.3 Å². The Kier molecular flexibility index (Phi) is 7.15. The molecule has 0 amide bonds. The first-order valence-electron chi connectivity index (χ1n) is 12.1. The standard InChI is InChI=1S/C27H25Cl2FN4O4/c1-15(26(35)36)8-11-37-20-5-3-4-18(21(20)29)23-33-22-24(31-14-32-25(22)38-27(2)9-10-27)34(23)13-16-12-17(28)6-7-19(16)30/h3-7,12,14-15H,8-11,13H2,1-2H3,(H,35,36)/t15-/m0/s1. The van der Waals surface area contributed by atoms with Gasteiger partial charge < -0.3 is 19.1 Å². The van der Waals surface area contributed by atoms with E-state index in [2.05, 4.69) is 9.97 Å². The Morgan fingerprint density at radius 1 is 1.24 bits per heavy atom. The monoisotopic (exact) mass is 558 g/mol. The van der Waals surface area contributed by atoms with Crippen LogP contribution in [-0.2, 0) is 11.3 Å². The zero-order valence-corrected chi connectivity index (χ0v) is 22.3. The van der Waals surface area contributed by atoms with Crippen LogP contribution in [0.1, 0.15) is 38.7 Å². The Balaban J connectivity index is 1.59. The summed E-state index contributed by atoms with van der Waals surface area (Å²) in [6, 6.07) is 9.59. The zero-order valence-electron chi connectivity index (χ0n) is 20.7. The predicted molar refractivity (Wildman–Crippen MR) is 141 cm³/mol. The molecule has 4 aromatic rings. The van der Waals surface area contributed by atoms with Gasteiger partial charge in [-0.15, -0.1) is 0 Å². The van der Waals surface area contributed by atoms with Crippen molar-refractivity contribution >= 4 is 40.3 Å². The number of aromatic nitrogens is 4. The number of carboxylic acids is 1. The van der Waals surface area contributed by atoms with Gasteiger partial charge in [0, 0.05) is 16.1 Å². The van der Waals surface area contributed by atoms with E-state index in [0.717, 1.165) is 12.8 Å². The lowest BCUT2D eigenvalue weighted by Crippen LogP contribution is -2.13. The largest absolute Gasteiger partial charge is 0.492 e. The third-order valence-electron chi connectivity index (χ3n) is 6.57. The molecule has 0 aliphatic heterocycles. The summed E-state index contributed by atoms with van der Waals surface area (Å²) in [7, 11) is 0. The summed E-state index contributed by atoms with van der Waals surface area (Å²) in [5, 5.41) is 9.81. The molecule has 0 spiro atoms. The molecular weight excluding hydrogens is 534 g/mol. The fraction of sp³-hybridized carbons (Fsp3) is 0.333. The highest BCUT2D eigenvalue weighted by Gasteiger charge is 2.41. The molecule has 2 aromatic carbocycles. The van der Waals surface area contributed by atoms with Crippen molar-refractivity contribution in [3.8, 4) is 23.0 Å². The number of rotatable bonds is 10. The number of carboxylic acid groups (broad SMARTS) is 1. The fourth-order valence-corrected chi connectivity index (χ4v) is 4.42. The maximum Gasteiger partial charge on any atom is 0.306 e. The van der Waals surface area contributed by atoms with Crippen LogP contribution in [0, 0.1) is 11.7 Å². The number of nitrogens with zero attached hydrogens (tertiary/aromatic N) is 4. The molecule has 1 N–H and O–H groups in total. The van der Waals surface area contributed by atoms with Gasteiger partial charge in [-0.05, 0) is 56.5 Å². The Bertz CT molecular complexity index is 1520. The smallest absolute Gasteiger partial charge is 0.306 e. The number of halogens is 3. The molecule has 11 heteroatoms. The molecule has 1 atom stereocenters. The van der Waals surface area contributed by atoms with E-state index in [1.165, 1.54) is 18.5 Å². The van der Waals surface area contributed by atoms with Crippen molar-refractivity contribution in [3.63, 3.8) is 0 Å². The molecule has 1 aliphatic rings. The average Bonchev–Trinajstić information content (AvgIpc) is 3.49. The Labute approximate surface area is 228 Å². The summed E-state index contributed by atoms with van der Waals surface area (Å²) in [6.45, 7) is 3.86. The molecule has 1 saturated carbocycles. The second-order valence-electron chi connectivity index (χ2n) is 9.65. The summed E-state index contributed by atoms with van der Waals surface area (Å²) < 4.78 is 28.5. The maximum atomic E-state index is 14.8. The highest BCUT2D eigenvalue weighted by atomic mass is 35.5. The van der Waals surface area contributed by atoms with Crippen LogP contribution in [0.25, 0.3) is 22.6 Å². The van der Waals surface area contributed by atoms with Gasteiger partial charge in [0.25, 0.3) is 0 Å². The molecule has 2 aromatic heterocycles. The van der Waals surface area contributed by atoms with E-state index in [4.69, 9.17) is 42.8 Å². The second kappa shape index (κ2) is 10.4. The SMILES string of the molecule is C[C@@H](CCOc1cccc(-c2nc3c(OC4(C)CC4)ncnc3n2Cc2cc(Cl)ccc2F)c1Cl)C(=O)O. The first-order valence-corrected chi connectivity index (χ1v) is 12.9. The number of hydrogen-bond donors (Lipinski definition) is 1. The Morgan fingerprint density at radius 2 is 2.03 bits per heavy atom. The average molecular weight is 559 g/mol. The van der Waals surface area contributed by atoms with Crippen molar-refractivity contribution in [1.82, 2.24) is 19.5 Å². The fourth-order valence-electron chi connectivity index (χ4n) is 3.96. The van der Waals surface area contributed by atoms with Gasteiger partial charge in [0.05, 0.1) is 24.1 Å². The van der Waals surface area contributed by atoms with Crippen molar-refractivity contribution < 1.29 is 23.8 Å². The van der Waals surface area contributed by atoms with Crippen LogP contribution in [0.2, 0.25) is 10.0 Å². The second-order valence-corrected chi connectivity index (χ2v) is 10.5. The molecule has 0 bridgehead atoms. The van der Waals surface area contributed by atoms with Gasteiger partial charge in [-0.25, -0.2) is 14.4 Å². The van der Waals surface area contributed by atoms with E-state index in [-0.39, 0.29) is 23.8 Å². The number of fused-ring (bicyclic) bond motifs is 1. The summed E-state index contributed by atoms with van der Waals surface area (Å²) in [5.41, 5.74) is 1.45. The molecular formula is C27H25Cl2FN4O4. The van der Waals surface area contributed by atoms with E-state index in [1.54, 1.807) is 35.8 Å². The molecule has 2 heterocycles. The minimum atomic E-state index is -0.894. The normalized spacial score (nSPS) is 14.9. The van der Waals surface area contributed by atoms with Gasteiger partial charge in [0.2, 0.25) is 5.88 Å². The van der Waals surface area contributed by atoms with Crippen LogP contribution in [0.5, 0.6) is 11.6 Å². The topological polar surface area (TPSA) is 99.4 Å². The lowest BCUT2D eigenvalue weighted by atomic mass is 10.1. The first-order chi connectivity index (χ1) is 18.1. The minimum absolute atomic E-state index is 0.0729. The number of benzene rings is 2. The molecule has 8 nitrogen and oxygen atoms in total. The molecule has 1 aliphatic carbocycles. The van der Waals surface area contributed by atoms with Gasteiger partial charge in [-0.1, -0.05) is 36.2 Å². The van der Waals surface area contributed by atoms with Gasteiger partial charge in [0.15, 0.2) is 11.2 Å². The summed E-state index contributed by atoms with van der Waals surface area (Å²) in [5.74, 6) is -0.738. The minimum Gasteiger partial charge on any atom is -0.492 e. The molecule has 198 valence electrons. The van der Waals surface area contributed by atoms with Crippen LogP contribution in [0.3, 0.4) is 0 Å². The number of aliphatic carboxylic acids is 1. The summed E-state index contributed by atoms with van der Waals surface area (Å²) in [6.07, 6.45) is 3.53. The van der Waals surface area contributed by atoms with E-state index in [9.17, 15) is 9.18 Å². The number of hydrogen-bond acceptors (Lipinski definition) is 6. The predicted octanol–water partition coefficient (Wildman–Crippen LogP) is 6.41. The van der Waals surface area contributed by atoms with E-state index < -0.39 is 17.7 Å². The van der Waals surface area contributed by atoms with Crippen molar-refractivity contribution in [2.75, 3.05) is 6.61 Å². The molecule has 5 rings (SSSR count). The van der Waals surface area contributed by atoms with Crippen LogP contribution >= 0.6 is 23.2 Å². The van der Waals surface area contributed by atoms with Gasteiger partial charge in [-0.3, -0.25) is 4.79 Å². The number of imidazole rings is 1. The van der Waals surface area contributed by atoms with E-state index >= 15 is 0 Å². The molecule has 0 unspecified atom stereocenters. The number of ether oxygens (including phenoxy) is 2. The quantitative estimate of drug-likeness (QED) is 0.240. The zero-order chi connectivity index (χ0) is 27.0. The lowest BCUT2D eigenvalue weighted by Gasteiger charge is -2.14. The highest BCUT2D eigenvalue weighted by molar-refractivity contribution is 6.34. The first kappa shape index (κ1) is 26.2. The van der Waals surface area contributed by atoms with Crippen LogP contribution in [0.15, 0.2) is 42.7 Å². The van der Waals surface area contributed by atoms with Gasteiger partial charge in [-0.2, -0.15) is 4.98 Å². The van der Waals surface area contributed by atoms with E-state index in [1.807, 2.05) is 6.92 Å². The highest BCUT2D eigenvalue weighted by Crippen LogP contribution is 2.42.